The zero-order valence-corrected chi connectivity index (χ0v) is 12.2. The van der Waals surface area contributed by atoms with Crippen LogP contribution in [-0.2, 0) is 19.2 Å². The molecule has 4 N–H and O–H groups in total. The third kappa shape index (κ3) is 7.50. The Morgan fingerprint density at radius 1 is 1.40 bits per heavy atom. The molecule has 2 atom stereocenters. The van der Waals surface area contributed by atoms with E-state index in [4.69, 9.17) is 5.73 Å². The summed E-state index contributed by atoms with van der Waals surface area (Å²) < 4.78 is 0. The minimum absolute atomic E-state index is 0.00463. The van der Waals surface area contributed by atoms with Crippen molar-refractivity contribution in [3.63, 3.8) is 0 Å². The summed E-state index contributed by atoms with van der Waals surface area (Å²) >= 11 is 0. The third-order valence-corrected chi connectivity index (χ3v) is 3.04. The summed E-state index contributed by atoms with van der Waals surface area (Å²) in [5.74, 6) is -1.03. The van der Waals surface area contributed by atoms with Crippen molar-refractivity contribution in [1.82, 2.24) is 10.6 Å². The Bertz CT molecular complexity index is 382. The average Bonchev–Trinajstić information content (AvgIpc) is 2.50. The van der Waals surface area contributed by atoms with Crippen molar-refractivity contribution in [2.24, 2.45) is 17.6 Å². The molecule has 0 radical (unpaired) electrons. The molecule has 1 rings (SSSR count). The highest BCUT2D eigenvalue weighted by Crippen LogP contribution is 2.17. The van der Waals surface area contributed by atoms with E-state index in [2.05, 4.69) is 10.6 Å². The monoisotopic (exact) mass is 285 g/mol. The number of hydrogen-bond donors (Lipinski definition) is 3. The molecule has 0 aromatic rings. The first-order valence-electron chi connectivity index (χ1n) is 6.55. The predicted molar refractivity (Wildman–Crippen MR) is 73.5 cm³/mol. The molecule has 3 amide bonds. The van der Waals surface area contributed by atoms with Gasteiger partial charge in [0.25, 0.3) is 0 Å². The SMILES string of the molecule is CC1CNC(=O)C(CCC(N)=O)CC1=O.CNC(C)=O. The van der Waals surface area contributed by atoms with Crippen molar-refractivity contribution >= 4 is 23.5 Å². The quantitative estimate of drug-likeness (QED) is 0.638. The van der Waals surface area contributed by atoms with Crippen LogP contribution in [0.2, 0.25) is 0 Å². The van der Waals surface area contributed by atoms with Crippen LogP contribution in [0.3, 0.4) is 0 Å². The summed E-state index contributed by atoms with van der Waals surface area (Å²) in [7, 11) is 1.60. The highest BCUT2D eigenvalue weighted by molar-refractivity contribution is 5.90. The predicted octanol–water partition coefficient (Wildman–Crippen LogP) is -0.654. The van der Waals surface area contributed by atoms with Gasteiger partial charge in [-0.2, -0.15) is 0 Å². The van der Waals surface area contributed by atoms with Gasteiger partial charge in [0.05, 0.1) is 0 Å². The lowest BCUT2D eigenvalue weighted by molar-refractivity contribution is -0.128. The maximum absolute atomic E-state index is 11.5. The molecule has 0 aliphatic carbocycles. The largest absolute Gasteiger partial charge is 0.370 e. The molecule has 7 heteroatoms. The molecule has 1 aliphatic rings. The summed E-state index contributed by atoms with van der Waals surface area (Å²) in [4.78, 5) is 43.3. The van der Waals surface area contributed by atoms with Gasteiger partial charge in [0.15, 0.2) is 0 Å². The molecule has 1 aliphatic heterocycles. The van der Waals surface area contributed by atoms with Crippen LogP contribution in [0.4, 0.5) is 0 Å². The average molecular weight is 285 g/mol. The Morgan fingerprint density at radius 2 is 1.95 bits per heavy atom. The molecule has 114 valence electrons. The van der Waals surface area contributed by atoms with Crippen LogP contribution in [0.25, 0.3) is 0 Å². The van der Waals surface area contributed by atoms with Gasteiger partial charge >= 0.3 is 0 Å². The first kappa shape index (κ1) is 18.1. The van der Waals surface area contributed by atoms with E-state index in [1.807, 2.05) is 0 Å². The maximum atomic E-state index is 11.5. The molecule has 7 nitrogen and oxygen atoms in total. The van der Waals surface area contributed by atoms with Gasteiger partial charge in [-0.15, -0.1) is 0 Å². The molecule has 0 saturated carbocycles. The molecule has 2 unspecified atom stereocenters. The number of Topliss-reactive ketones (excluding diaryl/α,β-unsaturated/α-hetero) is 1. The van der Waals surface area contributed by atoms with E-state index in [0.717, 1.165) is 0 Å². The van der Waals surface area contributed by atoms with E-state index >= 15 is 0 Å². The van der Waals surface area contributed by atoms with Crippen LogP contribution in [0.5, 0.6) is 0 Å². The number of hydrogen-bond acceptors (Lipinski definition) is 4. The summed E-state index contributed by atoms with van der Waals surface area (Å²) in [5, 5.41) is 5.08. The van der Waals surface area contributed by atoms with Crippen molar-refractivity contribution < 1.29 is 19.2 Å². The second kappa shape index (κ2) is 9.06. The lowest BCUT2D eigenvalue weighted by Gasteiger charge is -2.10. The van der Waals surface area contributed by atoms with Crippen LogP contribution in [0.15, 0.2) is 0 Å². The lowest BCUT2D eigenvalue weighted by atomic mass is 9.93. The minimum atomic E-state index is -0.437. The first-order chi connectivity index (χ1) is 9.27. The Kier molecular flexibility index (Phi) is 8.19. The zero-order chi connectivity index (χ0) is 15.7. The van der Waals surface area contributed by atoms with Gasteiger partial charge in [-0.1, -0.05) is 6.92 Å². The number of nitrogens with one attached hydrogen (secondary N) is 2. The van der Waals surface area contributed by atoms with Gasteiger partial charge < -0.3 is 16.4 Å². The van der Waals surface area contributed by atoms with E-state index in [9.17, 15) is 19.2 Å². The van der Waals surface area contributed by atoms with Gasteiger partial charge in [0, 0.05) is 45.2 Å². The van der Waals surface area contributed by atoms with Crippen LogP contribution in [-0.4, -0.2) is 37.1 Å². The highest BCUT2D eigenvalue weighted by atomic mass is 16.2. The number of rotatable bonds is 3. The van der Waals surface area contributed by atoms with Crippen LogP contribution < -0.4 is 16.4 Å². The topological polar surface area (TPSA) is 118 Å². The van der Waals surface area contributed by atoms with E-state index in [1.165, 1.54) is 6.92 Å². The second-order valence-electron chi connectivity index (χ2n) is 4.82. The molecular weight excluding hydrogens is 262 g/mol. The van der Waals surface area contributed by atoms with Gasteiger partial charge in [-0.25, -0.2) is 0 Å². The standard InChI is InChI=1S/C10H16N2O3.C3H7NO/c1-6-5-12-10(15)7(4-8(6)13)2-3-9(11)14;1-3(5)4-2/h6-7H,2-5H2,1H3,(H2,11,14)(H,12,15);1-2H3,(H,4,5). The number of amides is 3. The molecule has 0 bridgehead atoms. The fourth-order valence-electron chi connectivity index (χ4n) is 1.60. The number of nitrogens with two attached hydrogens (primary N) is 1. The Labute approximate surface area is 118 Å². The molecule has 0 aromatic heterocycles. The normalized spacial score (nSPS) is 21.9. The van der Waals surface area contributed by atoms with E-state index in [1.54, 1.807) is 14.0 Å². The van der Waals surface area contributed by atoms with Gasteiger partial charge in [-0.05, 0) is 6.42 Å². The van der Waals surface area contributed by atoms with Crippen molar-refractivity contribution in [1.29, 1.82) is 0 Å². The number of primary amides is 1. The van der Waals surface area contributed by atoms with E-state index in [0.29, 0.717) is 13.0 Å². The number of carbonyl (C=O) groups excluding carboxylic acids is 4. The highest BCUT2D eigenvalue weighted by Gasteiger charge is 2.28. The van der Waals surface area contributed by atoms with Gasteiger partial charge in [-0.3, -0.25) is 19.2 Å². The summed E-state index contributed by atoms with van der Waals surface area (Å²) in [6.45, 7) is 3.66. The molecule has 1 heterocycles. The van der Waals surface area contributed by atoms with Crippen LogP contribution >= 0.6 is 0 Å². The third-order valence-electron chi connectivity index (χ3n) is 3.04. The number of ketones is 1. The molecule has 20 heavy (non-hydrogen) atoms. The fraction of sp³-hybridized carbons (Fsp3) is 0.692. The summed E-state index contributed by atoms with van der Waals surface area (Å²) in [6, 6.07) is 0. The smallest absolute Gasteiger partial charge is 0.223 e. The first-order valence-corrected chi connectivity index (χ1v) is 6.55. The van der Waals surface area contributed by atoms with Crippen molar-refractivity contribution in [3.8, 4) is 0 Å². The summed E-state index contributed by atoms with van der Waals surface area (Å²) in [5.41, 5.74) is 5.00. The molecular formula is C13H23N3O4. The fourth-order valence-corrected chi connectivity index (χ4v) is 1.60. The van der Waals surface area contributed by atoms with Gasteiger partial charge in [0.1, 0.15) is 5.78 Å². The minimum Gasteiger partial charge on any atom is -0.370 e. The van der Waals surface area contributed by atoms with E-state index in [-0.39, 0.29) is 36.4 Å². The van der Waals surface area contributed by atoms with E-state index < -0.39 is 11.8 Å². The van der Waals surface area contributed by atoms with Crippen molar-refractivity contribution in [3.05, 3.63) is 0 Å². The van der Waals surface area contributed by atoms with Crippen LogP contribution in [0, 0.1) is 11.8 Å². The van der Waals surface area contributed by atoms with Crippen LogP contribution in [0.1, 0.15) is 33.1 Å². The summed E-state index contributed by atoms with van der Waals surface area (Å²) in [6.07, 6.45) is 0.736. The molecule has 1 saturated heterocycles. The molecule has 0 spiro atoms. The Morgan fingerprint density at radius 3 is 2.40 bits per heavy atom. The van der Waals surface area contributed by atoms with Crippen molar-refractivity contribution in [2.75, 3.05) is 13.6 Å². The maximum Gasteiger partial charge on any atom is 0.223 e. The molecule has 1 fully saturated rings. The number of carbonyl (C=O) groups is 4. The zero-order valence-electron chi connectivity index (χ0n) is 12.2. The lowest BCUT2D eigenvalue weighted by Crippen LogP contribution is -2.30. The second-order valence-corrected chi connectivity index (χ2v) is 4.82. The molecule has 0 aromatic carbocycles. The van der Waals surface area contributed by atoms with Crippen molar-refractivity contribution in [2.45, 2.75) is 33.1 Å². The Hall–Kier alpha value is -1.92. The Balaban J connectivity index is 0.000000621. The van der Waals surface area contributed by atoms with Gasteiger partial charge in [0.2, 0.25) is 17.7 Å².